The Morgan fingerprint density at radius 1 is 1.19 bits per heavy atom. The molecule has 3 heteroatoms. The van der Waals surface area contributed by atoms with E-state index < -0.39 is 0 Å². The molecule has 0 saturated carbocycles. The Balaban J connectivity index is 1.55. The highest BCUT2D eigenvalue weighted by atomic mass is 15.3. The van der Waals surface area contributed by atoms with E-state index in [4.69, 9.17) is 0 Å². The summed E-state index contributed by atoms with van der Waals surface area (Å²) in [7, 11) is 0. The van der Waals surface area contributed by atoms with Crippen LogP contribution in [0.4, 0.5) is 0 Å². The Morgan fingerprint density at radius 2 is 1.88 bits per heavy atom. The molecule has 2 aliphatic rings. The highest BCUT2D eigenvalue weighted by molar-refractivity contribution is 4.89. The zero-order valence-electron chi connectivity index (χ0n) is 10.9. The molecule has 0 bridgehead atoms. The van der Waals surface area contributed by atoms with E-state index in [1.807, 2.05) is 0 Å². The fourth-order valence-corrected chi connectivity index (χ4v) is 2.73. The Bertz CT molecular complexity index is 193. The summed E-state index contributed by atoms with van der Waals surface area (Å²) < 4.78 is 0. The molecule has 2 rings (SSSR count). The summed E-state index contributed by atoms with van der Waals surface area (Å²) in [5.74, 6) is 0.866. The maximum Gasteiger partial charge on any atom is 0.0351 e. The van der Waals surface area contributed by atoms with E-state index in [0.717, 1.165) is 12.0 Å². The number of piperazine rings is 1. The zero-order chi connectivity index (χ0) is 11.4. The van der Waals surface area contributed by atoms with Gasteiger partial charge in [-0.25, -0.2) is 0 Å². The number of rotatable bonds is 5. The lowest BCUT2D eigenvalue weighted by atomic mass is 10.0. The fourth-order valence-electron chi connectivity index (χ4n) is 2.73. The number of nitrogens with one attached hydrogen (secondary N) is 1. The third kappa shape index (κ3) is 3.44. The third-order valence-corrected chi connectivity index (χ3v) is 3.86. The number of hydrogen-bond donors (Lipinski definition) is 1. The van der Waals surface area contributed by atoms with Gasteiger partial charge in [-0.15, -0.1) is 0 Å². The molecule has 0 radical (unpaired) electrons. The van der Waals surface area contributed by atoms with Crippen molar-refractivity contribution in [2.75, 3.05) is 45.8 Å². The molecule has 0 aliphatic carbocycles. The molecule has 0 spiro atoms. The summed E-state index contributed by atoms with van der Waals surface area (Å²) in [5.41, 5.74) is 0. The van der Waals surface area contributed by atoms with Crippen LogP contribution in [-0.2, 0) is 0 Å². The van der Waals surface area contributed by atoms with Crippen molar-refractivity contribution < 1.29 is 0 Å². The van der Waals surface area contributed by atoms with Gasteiger partial charge in [0, 0.05) is 45.3 Å². The second kappa shape index (κ2) is 5.99. The predicted molar refractivity (Wildman–Crippen MR) is 68.7 cm³/mol. The van der Waals surface area contributed by atoms with Crippen LogP contribution in [-0.4, -0.2) is 61.7 Å². The van der Waals surface area contributed by atoms with Crippen molar-refractivity contribution >= 4 is 0 Å². The minimum atomic E-state index is 0.862. The fraction of sp³-hybridized carbons (Fsp3) is 1.00. The SMILES string of the molecule is CC(C)CCCN1CC(N2CCNCC2)C1. The minimum absolute atomic E-state index is 0.862. The smallest absolute Gasteiger partial charge is 0.0351 e. The van der Waals surface area contributed by atoms with Crippen LogP contribution in [0.5, 0.6) is 0 Å². The summed E-state index contributed by atoms with van der Waals surface area (Å²) >= 11 is 0. The van der Waals surface area contributed by atoms with E-state index in [0.29, 0.717) is 0 Å². The van der Waals surface area contributed by atoms with Crippen molar-refractivity contribution in [2.24, 2.45) is 5.92 Å². The maximum absolute atomic E-state index is 3.42. The Labute approximate surface area is 100 Å². The van der Waals surface area contributed by atoms with Crippen LogP contribution in [0.25, 0.3) is 0 Å². The zero-order valence-corrected chi connectivity index (χ0v) is 10.9. The van der Waals surface area contributed by atoms with E-state index in [9.17, 15) is 0 Å². The standard InChI is InChI=1S/C13H27N3/c1-12(2)4-3-7-15-10-13(11-15)16-8-5-14-6-9-16/h12-14H,3-11H2,1-2H3. The molecule has 0 unspecified atom stereocenters. The van der Waals surface area contributed by atoms with Crippen LogP contribution in [0.2, 0.25) is 0 Å². The van der Waals surface area contributed by atoms with E-state index in [1.165, 1.54) is 58.7 Å². The van der Waals surface area contributed by atoms with Gasteiger partial charge >= 0.3 is 0 Å². The molecule has 2 saturated heterocycles. The number of nitrogens with zero attached hydrogens (tertiary/aromatic N) is 2. The van der Waals surface area contributed by atoms with Crippen molar-refractivity contribution in [3.63, 3.8) is 0 Å². The average Bonchev–Trinajstić information content (AvgIpc) is 2.22. The van der Waals surface area contributed by atoms with Crippen molar-refractivity contribution in [3.8, 4) is 0 Å². The molecule has 2 heterocycles. The lowest BCUT2D eigenvalue weighted by molar-refractivity contribution is 0.0260. The lowest BCUT2D eigenvalue weighted by Gasteiger charge is -2.47. The molecule has 0 amide bonds. The molecule has 0 aromatic rings. The third-order valence-electron chi connectivity index (χ3n) is 3.86. The molecular weight excluding hydrogens is 198 g/mol. The molecule has 0 aromatic carbocycles. The van der Waals surface area contributed by atoms with Crippen LogP contribution in [0.15, 0.2) is 0 Å². The van der Waals surface area contributed by atoms with Gasteiger partial charge in [0.15, 0.2) is 0 Å². The van der Waals surface area contributed by atoms with Crippen LogP contribution < -0.4 is 5.32 Å². The van der Waals surface area contributed by atoms with Gasteiger partial charge in [-0.05, 0) is 25.3 Å². The summed E-state index contributed by atoms with van der Waals surface area (Å²) in [4.78, 5) is 5.28. The lowest BCUT2D eigenvalue weighted by Crippen LogP contribution is -2.62. The van der Waals surface area contributed by atoms with Crippen LogP contribution in [0.1, 0.15) is 26.7 Å². The molecular formula is C13H27N3. The van der Waals surface area contributed by atoms with Gasteiger partial charge in [0.05, 0.1) is 0 Å². The number of likely N-dealkylation sites (tertiary alicyclic amines) is 1. The second-order valence-corrected chi connectivity index (χ2v) is 5.74. The van der Waals surface area contributed by atoms with E-state index in [-0.39, 0.29) is 0 Å². The van der Waals surface area contributed by atoms with E-state index >= 15 is 0 Å². The molecule has 1 N–H and O–H groups in total. The summed E-state index contributed by atoms with van der Waals surface area (Å²) in [6, 6.07) is 0.862. The van der Waals surface area contributed by atoms with Gasteiger partial charge in [-0.3, -0.25) is 4.90 Å². The highest BCUT2D eigenvalue weighted by Gasteiger charge is 2.31. The Morgan fingerprint density at radius 3 is 2.50 bits per heavy atom. The minimum Gasteiger partial charge on any atom is -0.314 e. The van der Waals surface area contributed by atoms with Crippen LogP contribution in [0.3, 0.4) is 0 Å². The molecule has 94 valence electrons. The number of hydrogen-bond acceptors (Lipinski definition) is 3. The van der Waals surface area contributed by atoms with E-state index in [1.54, 1.807) is 0 Å². The average molecular weight is 225 g/mol. The van der Waals surface area contributed by atoms with Crippen molar-refractivity contribution in [1.82, 2.24) is 15.1 Å². The molecule has 0 aromatic heterocycles. The molecule has 2 fully saturated rings. The highest BCUT2D eigenvalue weighted by Crippen LogP contribution is 2.16. The molecule has 3 nitrogen and oxygen atoms in total. The normalized spacial score (nSPS) is 24.9. The topological polar surface area (TPSA) is 18.5 Å². The van der Waals surface area contributed by atoms with Gasteiger partial charge in [0.1, 0.15) is 0 Å². The Kier molecular flexibility index (Phi) is 4.62. The first-order valence-electron chi connectivity index (χ1n) is 6.93. The monoisotopic (exact) mass is 225 g/mol. The van der Waals surface area contributed by atoms with Gasteiger partial charge in [0.2, 0.25) is 0 Å². The van der Waals surface area contributed by atoms with Gasteiger partial charge in [0.25, 0.3) is 0 Å². The van der Waals surface area contributed by atoms with Crippen molar-refractivity contribution in [1.29, 1.82) is 0 Å². The quantitative estimate of drug-likeness (QED) is 0.753. The predicted octanol–water partition coefficient (Wildman–Crippen LogP) is 1.01. The van der Waals surface area contributed by atoms with Gasteiger partial charge in [-0.2, -0.15) is 0 Å². The van der Waals surface area contributed by atoms with E-state index in [2.05, 4.69) is 29.0 Å². The van der Waals surface area contributed by atoms with Crippen molar-refractivity contribution in [3.05, 3.63) is 0 Å². The summed E-state index contributed by atoms with van der Waals surface area (Å²) in [6.07, 6.45) is 2.76. The first kappa shape index (κ1) is 12.3. The van der Waals surface area contributed by atoms with Crippen LogP contribution in [0, 0.1) is 5.92 Å². The maximum atomic E-state index is 3.42. The first-order valence-corrected chi connectivity index (χ1v) is 6.93. The molecule has 0 atom stereocenters. The largest absolute Gasteiger partial charge is 0.314 e. The molecule has 16 heavy (non-hydrogen) atoms. The first-order chi connectivity index (χ1) is 7.75. The van der Waals surface area contributed by atoms with Crippen molar-refractivity contribution in [2.45, 2.75) is 32.7 Å². The van der Waals surface area contributed by atoms with Gasteiger partial charge in [-0.1, -0.05) is 13.8 Å². The molecule has 2 aliphatic heterocycles. The summed E-state index contributed by atoms with van der Waals surface area (Å²) in [5, 5.41) is 3.42. The van der Waals surface area contributed by atoms with Gasteiger partial charge < -0.3 is 10.2 Å². The second-order valence-electron chi connectivity index (χ2n) is 5.74. The van der Waals surface area contributed by atoms with Crippen LogP contribution >= 0.6 is 0 Å². The summed E-state index contributed by atoms with van der Waals surface area (Å²) in [6.45, 7) is 13.5. The Hall–Kier alpha value is -0.120.